The Morgan fingerprint density at radius 2 is 2.00 bits per heavy atom. The summed E-state index contributed by atoms with van der Waals surface area (Å²) in [5, 5.41) is 12.5. The fourth-order valence-electron chi connectivity index (χ4n) is 2.23. The molecule has 104 valence electrons. The number of hydrogen-bond acceptors (Lipinski definition) is 3. The van der Waals surface area contributed by atoms with Gasteiger partial charge in [0.15, 0.2) is 0 Å². The number of nitrogens with zero attached hydrogens (tertiary/aromatic N) is 1. The standard InChI is InChI=1S/C16H18N2O2/c1-10-6-4-5-7-13(10)12(3)18-15-8-11(2)17-9-14(15)16(19)20/h4-9,12H,1-3H3,(H,17,18)(H,19,20). The van der Waals surface area contributed by atoms with Crippen LogP contribution >= 0.6 is 0 Å². The third-order valence-electron chi connectivity index (χ3n) is 3.30. The van der Waals surface area contributed by atoms with Crippen molar-refractivity contribution >= 4 is 11.7 Å². The van der Waals surface area contributed by atoms with E-state index in [4.69, 9.17) is 0 Å². The number of carbonyl (C=O) groups is 1. The summed E-state index contributed by atoms with van der Waals surface area (Å²) in [6, 6.07) is 9.85. The summed E-state index contributed by atoms with van der Waals surface area (Å²) in [5.74, 6) is -0.975. The number of benzene rings is 1. The van der Waals surface area contributed by atoms with E-state index in [0.717, 1.165) is 11.3 Å². The first-order valence-electron chi connectivity index (χ1n) is 6.51. The molecule has 1 heterocycles. The van der Waals surface area contributed by atoms with E-state index < -0.39 is 5.97 Å². The van der Waals surface area contributed by atoms with Crippen LogP contribution in [0.1, 0.15) is 40.1 Å². The fourth-order valence-corrected chi connectivity index (χ4v) is 2.23. The molecule has 1 unspecified atom stereocenters. The SMILES string of the molecule is Cc1cc(NC(C)c2ccccc2C)c(C(=O)O)cn1. The maximum Gasteiger partial charge on any atom is 0.339 e. The Labute approximate surface area is 118 Å². The quantitative estimate of drug-likeness (QED) is 0.891. The van der Waals surface area contributed by atoms with Crippen molar-refractivity contribution in [2.45, 2.75) is 26.8 Å². The van der Waals surface area contributed by atoms with E-state index in [1.54, 1.807) is 6.07 Å². The van der Waals surface area contributed by atoms with Gasteiger partial charge in [-0.05, 0) is 38.0 Å². The first-order chi connectivity index (χ1) is 9.49. The van der Waals surface area contributed by atoms with Crippen LogP contribution in [0.4, 0.5) is 5.69 Å². The zero-order valence-electron chi connectivity index (χ0n) is 11.8. The minimum absolute atomic E-state index is 0.0242. The number of carboxylic acids is 1. The largest absolute Gasteiger partial charge is 0.478 e. The lowest BCUT2D eigenvalue weighted by molar-refractivity contribution is 0.0697. The van der Waals surface area contributed by atoms with Gasteiger partial charge in [0.25, 0.3) is 0 Å². The van der Waals surface area contributed by atoms with Gasteiger partial charge in [0, 0.05) is 17.9 Å². The lowest BCUT2D eigenvalue weighted by Crippen LogP contribution is -2.12. The normalized spacial score (nSPS) is 11.9. The van der Waals surface area contributed by atoms with Gasteiger partial charge in [-0.25, -0.2) is 4.79 Å². The maximum atomic E-state index is 11.2. The van der Waals surface area contributed by atoms with Crippen LogP contribution in [0.5, 0.6) is 0 Å². The van der Waals surface area contributed by atoms with Crippen molar-refractivity contribution in [1.29, 1.82) is 0 Å². The zero-order chi connectivity index (χ0) is 14.7. The number of anilines is 1. The van der Waals surface area contributed by atoms with Gasteiger partial charge in [0.2, 0.25) is 0 Å². The molecule has 2 aromatic rings. The summed E-state index contributed by atoms with van der Waals surface area (Å²) in [6.45, 7) is 5.91. The fraction of sp³-hybridized carbons (Fsp3) is 0.250. The molecule has 0 aliphatic rings. The van der Waals surface area contributed by atoms with Crippen LogP contribution in [0, 0.1) is 13.8 Å². The van der Waals surface area contributed by atoms with Crippen LogP contribution < -0.4 is 5.32 Å². The molecule has 0 saturated heterocycles. The van der Waals surface area contributed by atoms with Crippen molar-refractivity contribution in [3.63, 3.8) is 0 Å². The second-order valence-corrected chi connectivity index (χ2v) is 4.90. The lowest BCUT2D eigenvalue weighted by Gasteiger charge is -2.19. The Morgan fingerprint density at radius 3 is 2.65 bits per heavy atom. The van der Waals surface area contributed by atoms with Crippen molar-refractivity contribution in [2.24, 2.45) is 0 Å². The van der Waals surface area contributed by atoms with Crippen molar-refractivity contribution in [3.05, 3.63) is 58.9 Å². The number of aromatic carboxylic acids is 1. The Balaban J connectivity index is 2.32. The molecule has 4 nitrogen and oxygen atoms in total. The van der Waals surface area contributed by atoms with E-state index in [0.29, 0.717) is 5.69 Å². The maximum absolute atomic E-state index is 11.2. The highest BCUT2D eigenvalue weighted by atomic mass is 16.4. The number of rotatable bonds is 4. The highest BCUT2D eigenvalue weighted by molar-refractivity contribution is 5.93. The van der Waals surface area contributed by atoms with Gasteiger partial charge in [-0.1, -0.05) is 24.3 Å². The van der Waals surface area contributed by atoms with Gasteiger partial charge < -0.3 is 10.4 Å². The van der Waals surface area contributed by atoms with E-state index in [1.165, 1.54) is 11.8 Å². The average Bonchev–Trinajstić information content (AvgIpc) is 2.38. The molecular formula is C16H18N2O2. The molecular weight excluding hydrogens is 252 g/mol. The Hall–Kier alpha value is -2.36. The van der Waals surface area contributed by atoms with Crippen LogP contribution in [0.15, 0.2) is 36.5 Å². The van der Waals surface area contributed by atoms with E-state index >= 15 is 0 Å². The van der Waals surface area contributed by atoms with E-state index in [-0.39, 0.29) is 11.6 Å². The van der Waals surface area contributed by atoms with Crippen molar-refractivity contribution in [2.75, 3.05) is 5.32 Å². The summed E-state index contributed by atoms with van der Waals surface area (Å²) in [7, 11) is 0. The molecule has 2 rings (SSSR count). The molecule has 0 amide bonds. The molecule has 0 radical (unpaired) electrons. The van der Waals surface area contributed by atoms with Crippen molar-refractivity contribution < 1.29 is 9.90 Å². The molecule has 1 atom stereocenters. The predicted octanol–water partition coefficient (Wildman–Crippen LogP) is 3.57. The van der Waals surface area contributed by atoms with E-state index in [1.807, 2.05) is 45.0 Å². The number of hydrogen-bond donors (Lipinski definition) is 2. The summed E-state index contributed by atoms with van der Waals surface area (Å²) in [4.78, 5) is 15.3. The van der Waals surface area contributed by atoms with Crippen LogP contribution in [0.25, 0.3) is 0 Å². The second-order valence-electron chi connectivity index (χ2n) is 4.90. The summed E-state index contributed by atoms with van der Waals surface area (Å²) in [6.07, 6.45) is 1.39. The number of aryl methyl sites for hydroxylation is 2. The monoisotopic (exact) mass is 270 g/mol. The van der Waals surface area contributed by atoms with Gasteiger partial charge in [-0.2, -0.15) is 0 Å². The van der Waals surface area contributed by atoms with E-state index in [9.17, 15) is 9.90 Å². The van der Waals surface area contributed by atoms with Gasteiger partial charge in [0.05, 0.1) is 5.69 Å². The molecule has 0 fully saturated rings. The number of aromatic nitrogens is 1. The van der Waals surface area contributed by atoms with Crippen molar-refractivity contribution in [3.8, 4) is 0 Å². The first-order valence-corrected chi connectivity index (χ1v) is 6.51. The second kappa shape index (κ2) is 5.74. The average molecular weight is 270 g/mol. The van der Waals surface area contributed by atoms with Crippen LogP contribution in [0.3, 0.4) is 0 Å². The van der Waals surface area contributed by atoms with Crippen LogP contribution in [-0.4, -0.2) is 16.1 Å². The molecule has 0 aliphatic carbocycles. The highest BCUT2D eigenvalue weighted by Gasteiger charge is 2.14. The summed E-state index contributed by atoms with van der Waals surface area (Å²) in [5.41, 5.74) is 3.90. The van der Waals surface area contributed by atoms with Crippen LogP contribution in [0.2, 0.25) is 0 Å². The smallest absolute Gasteiger partial charge is 0.339 e. The Morgan fingerprint density at radius 1 is 1.30 bits per heavy atom. The number of nitrogens with one attached hydrogen (secondary N) is 1. The Kier molecular flexibility index (Phi) is 4.03. The molecule has 1 aromatic heterocycles. The molecule has 0 aliphatic heterocycles. The summed E-state index contributed by atoms with van der Waals surface area (Å²) < 4.78 is 0. The van der Waals surface area contributed by atoms with Gasteiger partial charge in [-0.15, -0.1) is 0 Å². The molecule has 2 N–H and O–H groups in total. The minimum atomic E-state index is -0.975. The summed E-state index contributed by atoms with van der Waals surface area (Å²) >= 11 is 0. The van der Waals surface area contributed by atoms with Gasteiger partial charge in [-0.3, -0.25) is 4.98 Å². The third kappa shape index (κ3) is 2.96. The highest BCUT2D eigenvalue weighted by Crippen LogP contribution is 2.24. The number of pyridine rings is 1. The topological polar surface area (TPSA) is 62.2 Å². The van der Waals surface area contributed by atoms with Crippen molar-refractivity contribution in [1.82, 2.24) is 4.98 Å². The zero-order valence-corrected chi connectivity index (χ0v) is 11.8. The third-order valence-corrected chi connectivity index (χ3v) is 3.30. The molecule has 0 saturated carbocycles. The molecule has 0 bridgehead atoms. The predicted molar refractivity (Wildman–Crippen MR) is 79.2 cm³/mol. The van der Waals surface area contributed by atoms with E-state index in [2.05, 4.69) is 10.3 Å². The molecule has 20 heavy (non-hydrogen) atoms. The van der Waals surface area contributed by atoms with Gasteiger partial charge in [0.1, 0.15) is 5.56 Å². The van der Waals surface area contributed by atoms with Crippen LogP contribution in [-0.2, 0) is 0 Å². The molecule has 4 heteroatoms. The molecule has 0 spiro atoms. The Bertz CT molecular complexity index is 638. The van der Waals surface area contributed by atoms with Gasteiger partial charge >= 0.3 is 5.97 Å². The number of carboxylic acid groups (broad SMARTS) is 1. The minimum Gasteiger partial charge on any atom is -0.478 e. The first kappa shape index (κ1) is 14.1. The molecule has 1 aromatic carbocycles. The lowest BCUT2D eigenvalue weighted by atomic mass is 10.0.